The zero-order valence-electron chi connectivity index (χ0n) is 30.8. The molecular weight excluding hydrogens is 683 g/mol. The Morgan fingerprint density at radius 3 is 1.54 bits per heavy atom. The summed E-state index contributed by atoms with van der Waals surface area (Å²) >= 11 is 0. The summed E-state index contributed by atoms with van der Waals surface area (Å²) in [6.07, 6.45) is 4.65. The predicted molar refractivity (Wildman–Crippen MR) is 206 cm³/mol. The van der Waals surface area contributed by atoms with E-state index in [1.165, 1.54) is 0 Å². The molecule has 2 atom stereocenters. The van der Waals surface area contributed by atoms with E-state index in [2.05, 4.69) is 26.3 Å². The predicted octanol–water partition coefficient (Wildman–Crippen LogP) is 5.21. The van der Waals surface area contributed by atoms with Crippen molar-refractivity contribution in [2.45, 2.75) is 48.6 Å². The van der Waals surface area contributed by atoms with Crippen LogP contribution in [0.4, 0.5) is 0 Å². The van der Waals surface area contributed by atoms with Gasteiger partial charge in [0.1, 0.15) is 17.5 Å². The average molecular weight is 728 g/mol. The van der Waals surface area contributed by atoms with Crippen LogP contribution in [0.5, 0.6) is 11.5 Å². The fourth-order valence-electron chi connectivity index (χ4n) is 6.70. The summed E-state index contributed by atoms with van der Waals surface area (Å²) in [6, 6.07) is 32.6. The molecule has 278 valence electrons. The molecule has 0 radical (unpaired) electrons. The summed E-state index contributed by atoms with van der Waals surface area (Å²) in [5.41, 5.74) is 2.01. The van der Waals surface area contributed by atoms with Crippen molar-refractivity contribution in [2.75, 3.05) is 28.3 Å². The Labute approximate surface area is 314 Å². The molecule has 0 aliphatic heterocycles. The van der Waals surface area contributed by atoms with Gasteiger partial charge in [0.25, 0.3) is 0 Å². The van der Waals surface area contributed by atoms with Crippen molar-refractivity contribution in [3.8, 4) is 11.5 Å². The quantitative estimate of drug-likeness (QED) is 0.138. The topological polar surface area (TPSA) is 148 Å². The van der Waals surface area contributed by atoms with Crippen LogP contribution in [0.3, 0.4) is 0 Å². The molecule has 0 bridgehead atoms. The molecular formula is C43H45N5O6. The van der Waals surface area contributed by atoms with E-state index in [1.807, 2.05) is 91.0 Å². The maximum atomic E-state index is 13.2. The lowest BCUT2D eigenvalue weighted by atomic mass is 9.93. The lowest BCUT2D eigenvalue weighted by molar-refractivity contribution is -0.130. The normalized spacial score (nSPS) is 15.6. The Morgan fingerprint density at radius 2 is 1.07 bits per heavy atom. The number of likely N-dealkylation sites (N-methyl/N-ethyl adjacent to an activating group) is 2. The van der Waals surface area contributed by atoms with Gasteiger partial charge in [-0.3, -0.25) is 24.2 Å². The Balaban J connectivity index is 0.000000186. The molecule has 0 saturated heterocycles. The van der Waals surface area contributed by atoms with Crippen molar-refractivity contribution in [3.05, 3.63) is 138 Å². The second-order valence-corrected chi connectivity index (χ2v) is 13.5. The number of nitrogens with one attached hydrogen (secondary N) is 4. The van der Waals surface area contributed by atoms with Crippen molar-refractivity contribution in [3.63, 3.8) is 0 Å². The molecule has 4 aromatic carbocycles. The molecule has 2 fully saturated rings. The molecule has 2 unspecified atom stereocenters. The van der Waals surface area contributed by atoms with E-state index in [0.29, 0.717) is 5.69 Å². The van der Waals surface area contributed by atoms with Gasteiger partial charge in [0.2, 0.25) is 23.6 Å². The largest absolute Gasteiger partial charge is 0.497 e. The second-order valence-electron chi connectivity index (χ2n) is 13.5. The number of carbonyl (C=O) groups excluding carboxylic acids is 4. The lowest BCUT2D eigenvalue weighted by Gasteiger charge is -2.22. The van der Waals surface area contributed by atoms with Crippen LogP contribution in [0.15, 0.2) is 115 Å². The van der Waals surface area contributed by atoms with Crippen LogP contribution in [0.25, 0.3) is 10.8 Å². The molecule has 0 spiro atoms. The molecule has 1 heterocycles. The first kappa shape index (κ1) is 37.5. The van der Waals surface area contributed by atoms with Crippen molar-refractivity contribution < 1.29 is 28.7 Å². The SMILES string of the molecule is CNC(=O)C(NC(=O)C1(c2ccc(OC)cc2)CC1)c1ccc2ccccc2c1.CNC(=O)C(NC(=O)C1(c2ccc(OC)cc2)CC1)c1ccccn1. The third-order valence-corrected chi connectivity index (χ3v) is 10.3. The van der Waals surface area contributed by atoms with Gasteiger partial charge in [-0.15, -0.1) is 0 Å². The van der Waals surface area contributed by atoms with Gasteiger partial charge in [-0.2, -0.15) is 0 Å². The van der Waals surface area contributed by atoms with E-state index < -0.39 is 22.9 Å². The number of rotatable bonds is 12. The van der Waals surface area contributed by atoms with E-state index in [4.69, 9.17) is 9.47 Å². The zero-order chi connectivity index (χ0) is 38.3. The summed E-state index contributed by atoms with van der Waals surface area (Å²) in [7, 11) is 6.35. The molecule has 5 aromatic rings. The smallest absolute Gasteiger partial charge is 0.248 e. The van der Waals surface area contributed by atoms with Crippen LogP contribution < -0.4 is 30.7 Å². The van der Waals surface area contributed by atoms with Gasteiger partial charge < -0.3 is 30.7 Å². The van der Waals surface area contributed by atoms with Crippen LogP contribution in [-0.4, -0.2) is 56.9 Å². The number of methoxy groups -OCH3 is 2. The molecule has 2 aliphatic rings. The first-order valence-electron chi connectivity index (χ1n) is 17.9. The number of hydrogen-bond acceptors (Lipinski definition) is 7. The summed E-state index contributed by atoms with van der Waals surface area (Å²) in [6.45, 7) is 0. The van der Waals surface area contributed by atoms with Crippen molar-refractivity contribution in [1.82, 2.24) is 26.3 Å². The minimum atomic E-state index is -0.811. The molecule has 54 heavy (non-hydrogen) atoms. The van der Waals surface area contributed by atoms with E-state index in [-0.39, 0.29) is 23.6 Å². The van der Waals surface area contributed by atoms with Gasteiger partial charge in [-0.05, 0) is 95.6 Å². The van der Waals surface area contributed by atoms with Crippen LogP contribution in [0.2, 0.25) is 0 Å². The summed E-state index contributed by atoms with van der Waals surface area (Å²) < 4.78 is 10.4. The lowest BCUT2D eigenvalue weighted by Crippen LogP contribution is -2.43. The first-order valence-corrected chi connectivity index (χ1v) is 17.9. The van der Waals surface area contributed by atoms with Crippen LogP contribution in [0, 0.1) is 0 Å². The number of ether oxygens (including phenoxy) is 2. The third-order valence-electron chi connectivity index (χ3n) is 10.3. The number of amides is 4. The van der Waals surface area contributed by atoms with E-state index in [0.717, 1.165) is 64.6 Å². The Hall–Kier alpha value is -6.23. The molecule has 7 rings (SSSR count). The van der Waals surface area contributed by atoms with Crippen molar-refractivity contribution in [2.24, 2.45) is 0 Å². The monoisotopic (exact) mass is 727 g/mol. The molecule has 11 heteroatoms. The molecule has 2 aliphatic carbocycles. The third kappa shape index (κ3) is 7.90. The number of carbonyl (C=O) groups is 4. The first-order chi connectivity index (χ1) is 26.2. The number of aromatic nitrogens is 1. The fourth-order valence-corrected chi connectivity index (χ4v) is 6.70. The molecule has 4 amide bonds. The summed E-state index contributed by atoms with van der Waals surface area (Å²) in [5, 5.41) is 13.2. The standard InChI is InChI=1S/C24H24N2O3.C19H21N3O3/c1-25-22(27)21(18-8-7-16-5-3-4-6-17(16)15-18)26-23(28)24(13-14-24)19-9-11-20(29-2)12-10-19;1-20-17(23)16(15-5-3-4-12-21-15)22-18(24)19(10-11-19)13-6-8-14(25-2)9-7-13/h3-12,15,21H,13-14H2,1-2H3,(H,25,27)(H,26,28);3-9,12,16H,10-11H2,1-2H3,(H,20,23)(H,22,24). The molecule has 2 saturated carbocycles. The number of hydrogen-bond donors (Lipinski definition) is 4. The number of nitrogens with zero attached hydrogens (tertiary/aromatic N) is 1. The van der Waals surface area contributed by atoms with Gasteiger partial charge in [0.15, 0.2) is 6.04 Å². The zero-order valence-corrected chi connectivity index (χ0v) is 30.8. The van der Waals surface area contributed by atoms with Gasteiger partial charge in [0, 0.05) is 20.3 Å². The highest BCUT2D eigenvalue weighted by atomic mass is 16.5. The summed E-state index contributed by atoms with van der Waals surface area (Å²) in [4.78, 5) is 55.2. The van der Waals surface area contributed by atoms with Crippen LogP contribution >= 0.6 is 0 Å². The van der Waals surface area contributed by atoms with Crippen LogP contribution in [-0.2, 0) is 30.0 Å². The maximum absolute atomic E-state index is 13.2. The van der Waals surface area contributed by atoms with Crippen molar-refractivity contribution in [1.29, 1.82) is 0 Å². The van der Waals surface area contributed by atoms with Gasteiger partial charge in [-0.25, -0.2) is 0 Å². The van der Waals surface area contributed by atoms with Gasteiger partial charge in [-0.1, -0.05) is 66.7 Å². The maximum Gasteiger partial charge on any atom is 0.248 e. The number of benzene rings is 4. The minimum absolute atomic E-state index is 0.121. The highest BCUT2D eigenvalue weighted by Gasteiger charge is 2.53. The fraction of sp³-hybridized carbons (Fsp3) is 0.279. The summed E-state index contributed by atoms with van der Waals surface area (Å²) in [5.74, 6) is 0.694. The molecule has 11 nitrogen and oxygen atoms in total. The number of fused-ring (bicyclic) bond motifs is 1. The highest BCUT2D eigenvalue weighted by Crippen LogP contribution is 2.50. The average Bonchev–Trinajstić information content (AvgIpc) is 4.18. The Morgan fingerprint density at radius 1 is 0.593 bits per heavy atom. The number of pyridine rings is 1. The van der Waals surface area contributed by atoms with Gasteiger partial charge >= 0.3 is 0 Å². The van der Waals surface area contributed by atoms with E-state index in [9.17, 15) is 19.2 Å². The highest BCUT2D eigenvalue weighted by molar-refractivity contribution is 5.97. The Bertz CT molecular complexity index is 2110. The van der Waals surface area contributed by atoms with E-state index >= 15 is 0 Å². The van der Waals surface area contributed by atoms with Crippen molar-refractivity contribution >= 4 is 34.4 Å². The molecule has 4 N–H and O–H groups in total. The molecule has 1 aromatic heterocycles. The van der Waals surface area contributed by atoms with Gasteiger partial charge in [0.05, 0.1) is 30.7 Å². The Kier molecular flexibility index (Phi) is 11.3. The minimum Gasteiger partial charge on any atom is -0.497 e. The van der Waals surface area contributed by atoms with E-state index in [1.54, 1.807) is 52.7 Å². The van der Waals surface area contributed by atoms with Crippen LogP contribution in [0.1, 0.15) is 60.2 Å². The second kappa shape index (κ2) is 16.2.